The number of nitrogens with zero attached hydrogens (tertiary/aromatic N) is 1. The third kappa shape index (κ3) is 5.90. The molecule has 0 unspecified atom stereocenters. The number of amides is 1. The maximum atomic E-state index is 13.8. The molecule has 0 aromatic heterocycles. The van der Waals surface area contributed by atoms with Crippen molar-refractivity contribution in [3.63, 3.8) is 0 Å². The van der Waals surface area contributed by atoms with Crippen LogP contribution in [0.25, 0.3) is 0 Å². The molecular weight excluding hydrogens is 470 g/mol. The minimum atomic E-state index is -0.717. The number of hydrogen-bond acceptors (Lipinski definition) is 5. The van der Waals surface area contributed by atoms with Crippen LogP contribution in [-0.2, 0) is 4.79 Å². The van der Waals surface area contributed by atoms with Crippen molar-refractivity contribution in [3.05, 3.63) is 52.3 Å². The maximum absolute atomic E-state index is 13.8. The highest BCUT2D eigenvalue weighted by atomic mass is 35.5. The van der Waals surface area contributed by atoms with Gasteiger partial charge in [-0.2, -0.15) is 0 Å². The molecule has 1 heterocycles. The van der Waals surface area contributed by atoms with E-state index in [2.05, 4.69) is 10.2 Å². The molecule has 2 aromatic rings. The first kappa shape index (κ1) is 24.1. The van der Waals surface area contributed by atoms with Gasteiger partial charge in [0.1, 0.15) is 35.6 Å². The average molecular weight is 497 g/mol. The summed E-state index contributed by atoms with van der Waals surface area (Å²) in [4.78, 5) is 13.7. The molecule has 2 N–H and O–H groups in total. The Balaban J connectivity index is 1.32. The molecular formula is C24H27Cl2FN2O4. The summed E-state index contributed by atoms with van der Waals surface area (Å²) < 4.78 is 25.8. The smallest absolute Gasteiger partial charge is 0.221 e. The minimum Gasteiger partial charge on any atom is -0.490 e. The molecule has 4 rings (SSSR count). The third-order valence-corrected chi connectivity index (χ3v) is 6.93. The zero-order valence-electron chi connectivity index (χ0n) is 18.3. The van der Waals surface area contributed by atoms with Gasteiger partial charge >= 0.3 is 0 Å². The van der Waals surface area contributed by atoms with Crippen LogP contribution in [0.4, 0.5) is 10.1 Å². The number of ether oxygens (including phenoxy) is 2. The summed E-state index contributed by atoms with van der Waals surface area (Å²) in [5.74, 6) is 0.181. The van der Waals surface area contributed by atoms with Crippen molar-refractivity contribution in [3.8, 4) is 11.5 Å². The Hall–Kier alpha value is -2.06. The van der Waals surface area contributed by atoms with E-state index in [4.69, 9.17) is 32.7 Å². The van der Waals surface area contributed by atoms with Crippen LogP contribution in [0, 0.1) is 5.82 Å². The molecule has 0 radical (unpaired) electrons. The molecule has 178 valence electrons. The number of hydrogen-bond donors (Lipinski definition) is 2. The summed E-state index contributed by atoms with van der Waals surface area (Å²) in [6, 6.07) is 9.17. The predicted molar refractivity (Wildman–Crippen MR) is 126 cm³/mol. The van der Waals surface area contributed by atoms with E-state index in [1.54, 1.807) is 12.1 Å². The fourth-order valence-electron chi connectivity index (χ4n) is 4.57. The topological polar surface area (TPSA) is 71.0 Å². The number of carbonyl (C=O) groups is 1. The van der Waals surface area contributed by atoms with Gasteiger partial charge in [0.2, 0.25) is 5.91 Å². The molecule has 0 bridgehead atoms. The standard InChI is InChI=1S/C24H27Cl2FN2O4/c1-14(30)28-20-5-2-15(27)12-23(20)33-22-7-6-21(24(22)31)29-10-8-16(9-11-29)32-17-3-4-18(25)19(26)13-17/h2-5,12-13,16,21-22,24,31H,6-11H2,1H3,(H,28,30)/t21-,22-,24+/m0/s1. The number of anilines is 1. The molecule has 3 atom stereocenters. The van der Waals surface area contributed by atoms with Crippen LogP contribution in [0.5, 0.6) is 11.5 Å². The van der Waals surface area contributed by atoms with E-state index in [1.807, 2.05) is 6.07 Å². The molecule has 1 saturated carbocycles. The first-order valence-corrected chi connectivity index (χ1v) is 11.8. The highest BCUT2D eigenvalue weighted by molar-refractivity contribution is 6.42. The minimum absolute atomic E-state index is 0.0429. The Labute approximate surface area is 202 Å². The lowest BCUT2D eigenvalue weighted by molar-refractivity contribution is -0.114. The van der Waals surface area contributed by atoms with E-state index in [0.29, 0.717) is 27.9 Å². The summed E-state index contributed by atoms with van der Waals surface area (Å²) in [6.45, 7) is 2.96. The summed E-state index contributed by atoms with van der Waals surface area (Å²) in [5, 5.41) is 14.6. The number of halogens is 3. The molecule has 1 saturated heterocycles. The van der Waals surface area contributed by atoms with Gasteiger partial charge in [0.05, 0.1) is 15.7 Å². The fraction of sp³-hybridized carbons (Fsp3) is 0.458. The largest absolute Gasteiger partial charge is 0.490 e. The van der Waals surface area contributed by atoms with Crippen molar-refractivity contribution in [2.24, 2.45) is 0 Å². The van der Waals surface area contributed by atoms with Gasteiger partial charge in [-0.3, -0.25) is 9.69 Å². The SMILES string of the molecule is CC(=O)Nc1ccc(F)cc1O[C@H]1CC[C@H](N2CCC(Oc3ccc(Cl)c(Cl)c3)CC2)[C@H]1O. The van der Waals surface area contributed by atoms with Gasteiger partial charge in [0.15, 0.2) is 0 Å². The molecule has 1 aliphatic carbocycles. The van der Waals surface area contributed by atoms with Crippen LogP contribution in [0.2, 0.25) is 10.0 Å². The third-order valence-electron chi connectivity index (χ3n) is 6.19. The number of aliphatic hydroxyl groups is 1. The van der Waals surface area contributed by atoms with Gasteiger partial charge in [-0.1, -0.05) is 23.2 Å². The van der Waals surface area contributed by atoms with E-state index in [0.717, 1.165) is 32.4 Å². The second kappa shape index (κ2) is 10.5. The molecule has 2 fully saturated rings. The molecule has 0 spiro atoms. The Kier molecular flexibility index (Phi) is 7.64. The molecule has 1 aliphatic heterocycles. The van der Waals surface area contributed by atoms with Crippen molar-refractivity contribution < 1.29 is 23.8 Å². The van der Waals surface area contributed by atoms with Gasteiger partial charge in [0, 0.05) is 38.2 Å². The summed E-state index contributed by atoms with van der Waals surface area (Å²) in [5.41, 5.74) is 0.389. The van der Waals surface area contributed by atoms with E-state index in [1.165, 1.54) is 25.1 Å². The Morgan fingerprint density at radius 3 is 2.52 bits per heavy atom. The van der Waals surface area contributed by atoms with Crippen molar-refractivity contribution in [1.29, 1.82) is 0 Å². The quantitative estimate of drug-likeness (QED) is 0.594. The molecule has 6 nitrogen and oxygen atoms in total. The number of carbonyl (C=O) groups excluding carboxylic acids is 1. The van der Waals surface area contributed by atoms with E-state index in [-0.39, 0.29) is 23.8 Å². The van der Waals surface area contributed by atoms with Crippen molar-refractivity contribution >= 4 is 34.8 Å². The van der Waals surface area contributed by atoms with Gasteiger partial charge in [-0.05, 0) is 49.9 Å². The molecule has 2 aliphatic rings. The number of aliphatic hydroxyl groups excluding tert-OH is 1. The number of piperidine rings is 1. The molecule has 2 aromatic carbocycles. The van der Waals surface area contributed by atoms with Crippen LogP contribution in [0.3, 0.4) is 0 Å². The van der Waals surface area contributed by atoms with E-state index in [9.17, 15) is 14.3 Å². The highest BCUT2D eigenvalue weighted by Gasteiger charge is 2.41. The lowest BCUT2D eigenvalue weighted by Crippen LogP contribution is -2.49. The summed E-state index contributed by atoms with van der Waals surface area (Å²) in [6.07, 6.45) is 1.94. The van der Waals surface area contributed by atoms with Crippen LogP contribution in [0.1, 0.15) is 32.6 Å². The Bertz CT molecular complexity index is 1000. The second-order valence-electron chi connectivity index (χ2n) is 8.54. The van der Waals surface area contributed by atoms with Gasteiger partial charge in [-0.25, -0.2) is 4.39 Å². The van der Waals surface area contributed by atoms with Gasteiger partial charge < -0.3 is 19.9 Å². The second-order valence-corrected chi connectivity index (χ2v) is 9.36. The normalized spacial score (nSPS) is 24.0. The lowest BCUT2D eigenvalue weighted by atomic mass is 10.0. The fourth-order valence-corrected chi connectivity index (χ4v) is 4.86. The van der Waals surface area contributed by atoms with Crippen LogP contribution >= 0.6 is 23.2 Å². The number of benzene rings is 2. The molecule has 1 amide bonds. The first-order valence-electron chi connectivity index (χ1n) is 11.1. The van der Waals surface area contributed by atoms with Gasteiger partial charge in [0.25, 0.3) is 0 Å². The molecule has 9 heteroatoms. The monoisotopic (exact) mass is 496 g/mol. The van der Waals surface area contributed by atoms with Crippen LogP contribution < -0.4 is 14.8 Å². The van der Waals surface area contributed by atoms with Crippen molar-refractivity contribution in [2.75, 3.05) is 18.4 Å². The van der Waals surface area contributed by atoms with E-state index < -0.39 is 18.0 Å². The predicted octanol–water partition coefficient (Wildman–Crippen LogP) is 4.91. The van der Waals surface area contributed by atoms with Crippen molar-refractivity contribution in [1.82, 2.24) is 4.90 Å². The Morgan fingerprint density at radius 1 is 1.06 bits per heavy atom. The summed E-state index contributed by atoms with van der Waals surface area (Å²) >= 11 is 12.0. The lowest BCUT2D eigenvalue weighted by Gasteiger charge is -2.37. The zero-order chi connectivity index (χ0) is 23.5. The maximum Gasteiger partial charge on any atom is 0.221 e. The Morgan fingerprint density at radius 2 is 1.82 bits per heavy atom. The van der Waals surface area contributed by atoms with Crippen molar-refractivity contribution in [2.45, 2.75) is 57.0 Å². The van der Waals surface area contributed by atoms with Crippen LogP contribution in [-0.4, -0.2) is 53.4 Å². The zero-order valence-corrected chi connectivity index (χ0v) is 19.8. The number of rotatable bonds is 6. The first-order chi connectivity index (χ1) is 15.8. The number of likely N-dealkylation sites (tertiary alicyclic amines) is 1. The molecule has 33 heavy (non-hydrogen) atoms. The van der Waals surface area contributed by atoms with Crippen LogP contribution in [0.15, 0.2) is 36.4 Å². The average Bonchev–Trinajstić information content (AvgIpc) is 3.13. The van der Waals surface area contributed by atoms with Gasteiger partial charge in [-0.15, -0.1) is 0 Å². The highest BCUT2D eigenvalue weighted by Crippen LogP contribution is 2.34. The summed E-state index contributed by atoms with van der Waals surface area (Å²) in [7, 11) is 0. The number of nitrogens with one attached hydrogen (secondary N) is 1. The van der Waals surface area contributed by atoms with E-state index >= 15 is 0 Å².